The van der Waals surface area contributed by atoms with Crippen LogP contribution in [0.5, 0.6) is 23.0 Å². The number of rotatable bonds is 1. The van der Waals surface area contributed by atoms with E-state index < -0.39 is 23.1 Å². The number of carbonyl (C=O) groups is 2. The Labute approximate surface area is 206 Å². The fourth-order valence-corrected chi connectivity index (χ4v) is 5.45. The average Bonchev–Trinajstić information content (AvgIpc) is 2.99. The van der Waals surface area contributed by atoms with Crippen LogP contribution in [0.4, 0.5) is 0 Å². The zero-order valence-electron chi connectivity index (χ0n) is 15.4. The lowest BCUT2D eigenvalue weighted by Gasteiger charge is -2.37. The Hall–Kier alpha value is -2.46. The summed E-state index contributed by atoms with van der Waals surface area (Å²) in [6.07, 6.45) is 0. The summed E-state index contributed by atoms with van der Waals surface area (Å²) in [4.78, 5) is 24.9. The van der Waals surface area contributed by atoms with Crippen LogP contribution in [0.25, 0.3) is 0 Å². The van der Waals surface area contributed by atoms with Crippen molar-refractivity contribution in [1.82, 2.24) is 0 Å². The molecule has 7 nitrogen and oxygen atoms in total. The molecule has 0 saturated carbocycles. The molecule has 1 spiro atoms. The van der Waals surface area contributed by atoms with Crippen molar-refractivity contribution < 1.29 is 34.4 Å². The molecule has 5 rings (SSSR count). The van der Waals surface area contributed by atoms with Gasteiger partial charge in [0.1, 0.15) is 23.0 Å². The second kappa shape index (κ2) is 7.02. The van der Waals surface area contributed by atoms with E-state index >= 15 is 0 Å². The van der Waals surface area contributed by atoms with Crippen molar-refractivity contribution in [2.45, 2.75) is 5.60 Å². The van der Waals surface area contributed by atoms with Gasteiger partial charge in [-0.3, -0.25) is 0 Å². The van der Waals surface area contributed by atoms with Gasteiger partial charge in [-0.05, 0) is 50.1 Å². The summed E-state index contributed by atoms with van der Waals surface area (Å²) in [5.41, 5.74) is -1.53. The Morgan fingerprint density at radius 2 is 1.47 bits per heavy atom. The summed E-state index contributed by atoms with van der Waals surface area (Å²) < 4.78 is 12.3. The molecule has 2 heterocycles. The molecule has 2 aliphatic rings. The molecule has 11 heteroatoms. The van der Waals surface area contributed by atoms with Gasteiger partial charge in [-0.2, -0.15) is 0 Å². The molecule has 0 fully saturated rings. The van der Waals surface area contributed by atoms with Crippen molar-refractivity contribution in [1.29, 1.82) is 0 Å². The van der Waals surface area contributed by atoms with Crippen molar-refractivity contribution in [2.24, 2.45) is 0 Å². The van der Waals surface area contributed by atoms with Gasteiger partial charge >= 0.3 is 11.9 Å². The normalized spacial score (nSPS) is 14.9. The van der Waals surface area contributed by atoms with E-state index in [-0.39, 0.29) is 64.2 Å². The van der Waals surface area contributed by atoms with Crippen molar-refractivity contribution in [3.63, 3.8) is 0 Å². The number of esters is 1. The number of carboxylic acid groups (broad SMARTS) is 1. The number of phenolic OH excluding ortho intramolecular Hbond substituents is 2. The zero-order valence-corrected chi connectivity index (χ0v) is 20.1. The molecule has 0 radical (unpaired) electrons. The largest absolute Gasteiger partial charge is 0.507 e. The van der Waals surface area contributed by atoms with Crippen molar-refractivity contribution in [3.05, 3.63) is 77.1 Å². The van der Waals surface area contributed by atoms with Gasteiger partial charge < -0.3 is 24.8 Å². The number of carboxylic acids is 1. The first kappa shape index (κ1) is 21.4. The van der Waals surface area contributed by atoms with E-state index in [1.165, 1.54) is 30.3 Å². The Balaban J connectivity index is 1.99. The lowest BCUT2D eigenvalue weighted by atomic mass is 9.77. The van der Waals surface area contributed by atoms with E-state index in [4.69, 9.17) is 32.7 Å². The molecule has 0 aliphatic carbocycles. The summed E-state index contributed by atoms with van der Waals surface area (Å²) in [6.45, 7) is 0. The molecule has 0 unspecified atom stereocenters. The highest BCUT2D eigenvalue weighted by atomic mass is 79.9. The van der Waals surface area contributed by atoms with Gasteiger partial charge in [-0.1, -0.05) is 23.2 Å². The molecule has 0 aromatic heterocycles. The molecular weight excluding hydrogens is 595 g/mol. The lowest BCUT2D eigenvalue weighted by molar-refractivity contribution is 0.0224. The highest BCUT2D eigenvalue weighted by Crippen LogP contribution is 2.60. The quantitative estimate of drug-likeness (QED) is 0.284. The number of ether oxygens (including phenoxy) is 2. The summed E-state index contributed by atoms with van der Waals surface area (Å²) in [5.74, 6) is -2.24. The van der Waals surface area contributed by atoms with Crippen LogP contribution in [0, 0.1) is 0 Å². The molecule has 162 valence electrons. The van der Waals surface area contributed by atoms with Crippen LogP contribution in [0.1, 0.15) is 37.4 Å². The van der Waals surface area contributed by atoms with Gasteiger partial charge in [-0.15, -0.1) is 0 Å². The zero-order chi connectivity index (χ0) is 23.1. The third-order valence-electron chi connectivity index (χ3n) is 5.33. The van der Waals surface area contributed by atoms with E-state index in [1.54, 1.807) is 0 Å². The van der Waals surface area contributed by atoms with Crippen molar-refractivity contribution in [3.8, 4) is 23.0 Å². The monoisotopic (exact) mass is 600 g/mol. The minimum Gasteiger partial charge on any atom is -0.507 e. The second-order valence-electron chi connectivity index (χ2n) is 7.05. The van der Waals surface area contributed by atoms with E-state index in [2.05, 4.69) is 31.9 Å². The predicted octanol–water partition coefficient (Wildman–Crippen LogP) is 6.20. The molecule has 2 aliphatic heterocycles. The van der Waals surface area contributed by atoms with Gasteiger partial charge in [0.2, 0.25) is 0 Å². The van der Waals surface area contributed by atoms with Crippen molar-refractivity contribution in [2.75, 3.05) is 0 Å². The summed E-state index contributed by atoms with van der Waals surface area (Å²) in [7, 11) is 0. The Bertz CT molecular complexity index is 1350. The summed E-state index contributed by atoms with van der Waals surface area (Å²) >= 11 is 19.2. The van der Waals surface area contributed by atoms with Gasteiger partial charge in [0.15, 0.2) is 5.60 Å². The SMILES string of the molecule is O=C1OC2(c3cc(Br)c(O)cc3Oc3cc(O)c(Br)cc32)c2c1cc(Cl)c(C(=O)O)c2Cl. The average molecular weight is 603 g/mol. The van der Waals surface area contributed by atoms with E-state index in [9.17, 15) is 24.9 Å². The third-order valence-corrected chi connectivity index (χ3v) is 7.27. The first-order valence-corrected chi connectivity index (χ1v) is 11.1. The number of carbonyl (C=O) groups excluding carboxylic acids is 1. The number of benzene rings is 3. The predicted molar refractivity (Wildman–Crippen MR) is 120 cm³/mol. The fourth-order valence-electron chi connectivity index (χ4n) is 4.01. The first-order valence-electron chi connectivity index (χ1n) is 8.79. The lowest BCUT2D eigenvalue weighted by Crippen LogP contribution is -2.33. The minimum atomic E-state index is -1.74. The number of hydrogen-bond acceptors (Lipinski definition) is 6. The van der Waals surface area contributed by atoms with Crippen LogP contribution in [-0.4, -0.2) is 27.3 Å². The maximum absolute atomic E-state index is 13.0. The van der Waals surface area contributed by atoms with Crippen LogP contribution in [0.3, 0.4) is 0 Å². The molecule has 0 saturated heterocycles. The molecular formula is C21H8Br2Cl2O7. The van der Waals surface area contributed by atoms with Gasteiger partial charge in [0.05, 0.1) is 30.1 Å². The molecule has 0 amide bonds. The first-order chi connectivity index (χ1) is 15.1. The van der Waals surface area contributed by atoms with Gasteiger partial charge in [0, 0.05) is 28.8 Å². The molecule has 3 aromatic rings. The molecule has 3 N–H and O–H groups in total. The Morgan fingerprint density at radius 1 is 0.938 bits per heavy atom. The highest BCUT2D eigenvalue weighted by Gasteiger charge is 2.56. The van der Waals surface area contributed by atoms with Gasteiger partial charge in [0.25, 0.3) is 0 Å². The Morgan fingerprint density at radius 3 is 1.97 bits per heavy atom. The van der Waals surface area contributed by atoms with Crippen LogP contribution in [0.15, 0.2) is 39.3 Å². The number of fused-ring (bicyclic) bond motifs is 6. The van der Waals surface area contributed by atoms with Crippen molar-refractivity contribution >= 4 is 67.0 Å². The number of halogens is 4. The van der Waals surface area contributed by atoms with Gasteiger partial charge in [-0.25, -0.2) is 9.59 Å². The summed E-state index contributed by atoms with van der Waals surface area (Å²) in [6, 6.07) is 6.78. The van der Waals surface area contributed by atoms with Crippen LogP contribution >= 0.6 is 55.1 Å². The van der Waals surface area contributed by atoms with Crippen LogP contribution in [-0.2, 0) is 10.3 Å². The number of phenols is 2. The number of hydrogen-bond donors (Lipinski definition) is 3. The second-order valence-corrected chi connectivity index (χ2v) is 9.54. The standard InChI is InChI=1S/C21H8Br2Cl2O7/c22-9-2-7-14(4-12(9)26)31-15-5-13(27)10(23)3-8(15)21(7)17-6(20(30)32-21)1-11(24)16(18(17)25)19(28)29/h1-5,26-27H,(H,28,29). The number of aromatic carboxylic acids is 1. The van der Waals surface area contributed by atoms with E-state index in [1.807, 2.05) is 0 Å². The molecule has 3 aromatic carbocycles. The maximum Gasteiger partial charge on any atom is 0.340 e. The highest BCUT2D eigenvalue weighted by molar-refractivity contribution is 9.10. The third kappa shape index (κ3) is 2.71. The molecule has 32 heavy (non-hydrogen) atoms. The van der Waals surface area contributed by atoms with E-state index in [0.717, 1.165) is 0 Å². The molecule has 0 bridgehead atoms. The van der Waals surface area contributed by atoms with Crippen LogP contribution < -0.4 is 4.74 Å². The smallest absolute Gasteiger partial charge is 0.340 e. The van der Waals surface area contributed by atoms with E-state index in [0.29, 0.717) is 0 Å². The van der Waals surface area contributed by atoms with Crippen LogP contribution in [0.2, 0.25) is 10.0 Å². The number of aromatic hydroxyl groups is 2. The summed E-state index contributed by atoms with van der Waals surface area (Å²) in [5, 5.41) is 29.6. The topological polar surface area (TPSA) is 113 Å². The fraction of sp³-hybridized carbons (Fsp3) is 0.0476. The Kier molecular flexibility index (Phi) is 4.69. The maximum atomic E-state index is 13.0. The molecule has 0 atom stereocenters. The minimum absolute atomic E-state index is 0.0165.